The van der Waals surface area contributed by atoms with Crippen LogP contribution in [-0.2, 0) is 4.74 Å². The normalized spacial score (nSPS) is 12.4. The number of halogens is 1. The van der Waals surface area contributed by atoms with E-state index < -0.39 is 11.7 Å². The molecule has 1 aromatic rings. The molecule has 0 saturated carbocycles. The minimum Gasteiger partial charge on any atom is -0.443 e. The van der Waals surface area contributed by atoms with Crippen molar-refractivity contribution >= 4 is 34.7 Å². The molecule has 0 radical (unpaired) electrons. The first-order valence-corrected chi connectivity index (χ1v) is 6.82. The third-order valence-electron chi connectivity index (χ3n) is 1.87. The highest BCUT2D eigenvalue weighted by molar-refractivity contribution is 7.18. The summed E-state index contributed by atoms with van der Waals surface area (Å²) in [6.07, 6.45) is 0.142. The molecule has 0 spiro atoms. The largest absolute Gasteiger partial charge is 0.443 e. The number of rotatable bonds is 3. The van der Waals surface area contributed by atoms with Gasteiger partial charge in [-0.05, 0) is 39.3 Å². The Balaban J connectivity index is 2.67. The van der Waals surface area contributed by atoms with Gasteiger partial charge in [-0.3, -0.25) is 0 Å². The standard InChI is InChI=1S/C12H17ClN2O2S/c1-5-8(9-6-7-10(13)18-9)14-15-11(16)17-12(2,3)4/h6-7H,5H2,1-4H3,(H,15,16). The van der Waals surface area contributed by atoms with E-state index >= 15 is 0 Å². The number of nitrogens with zero attached hydrogens (tertiary/aromatic N) is 1. The highest BCUT2D eigenvalue weighted by atomic mass is 35.5. The Morgan fingerprint density at radius 1 is 1.50 bits per heavy atom. The van der Waals surface area contributed by atoms with Gasteiger partial charge in [-0.2, -0.15) is 5.10 Å². The highest BCUT2D eigenvalue weighted by Gasteiger charge is 2.16. The van der Waals surface area contributed by atoms with Crippen LogP contribution < -0.4 is 5.43 Å². The smallest absolute Gasteiger partial charge is 0.428 e. The Hall–Kier alpha value is -1.07. The van der Waals surface area contributed by atoms with Gasteiger partial charge in [-0.1, -0.05) is 18.5 Å². The second kappa shape index (κ2) is 6.20. The molecule has 100 valence electrons. The van der Waals surface area contributed by atoms with Crippen LogP contribution in [0.25, 0.3) is 0 Å². The quantitative estimate of drug-likeness (QED) is 0.674. The molecule has 0 bridgehead atoms. The van der Waals surface area contributed by atoms with Crippen molar-refractivity contribution < 1.29 is 9.53 Å². The van der Waals surface area contributed by atoms with E-state index in [9.17, 15) is 4.79 Å². The second-order valence-electron chi connectivity index (χ2n) is 4.63. The van der Waals surface area contributed by atoms with E-state index in [0.717, 1.165) is 10.6 Å². The monoisotopic (exact) mass is 288 g/mol. The first kappa shape index (κ1) is 15.0. The van der Waals surface area contributed by atoms with E-state index in [4.69, 9.17) is 16.3 Å². The zero-order valence-electron chi connectivity index (χ0n) is 10.9. The third-order valence-corrected chi connectivity index (χ3v) is 3.15. The van der Waals surface area contributed by atoms with Gasteiger partial charge in [0.05, 0.1) is 14.9 Å². The van der Waals surface area contributed by atoms with Gasteiger partial charge in [0.15, 0.2) is 0 Å². The topological polar surface area (TPSA) is 50.7 Å². The molecular formula is C12H17ClN2O2S. The molecule has 18 heavy (non-hydrogen) atoms. The average molecular weight is 289 g/mol. The lowest BCUT2D eigenvalue weighted by Gasteiger charge is -2.18. The fourth-order valence-corrected chi connectivity index (χ4v) is 2.29. The van der Waals surface area contributed by atoms with Gasteiger partial charge in [-0.25, -0.2) is 10.2 Å². The summed E-state index contributed by atoms with van der Waals surface area (Å²) in [7, 11) is 0. The van der Waals surface area contributed by atoms with Gasteiger partial charge in [0.25, 0.3) is 0 Å². The number of thiophene rings is 1. The molecule has 0 saturated heterocycles. The molecule has 0 aromatic carbocycles. The molecular weight excluding hydrogens is 272 g/mol. The molecule has 1 N–H and O–H groups in total. The van der Waals surface area contributed by atoms with E-state index in [1.54, 1.807) is 26.8 Å². The predicted molar refractivity (Wildman–Crippen MR) is 75.5 cm³/mol. The van der Waals surface area contributed by atoms with E-state index in [0.29, 0.717) is 10.8 Å². The maximum atomic E-state index is 11.5. The molecule has 0 unspecified atom stereocenters. The number of carbonyl (C=O) groups excluding carboxylic acids is 1. The Bertz CT molecular complexity index is 449. The number of ether oxygens (including phenoxy) is 1. The SMILES string of the molecule is CCC(=NNC(=O)OC(C)(C)C)c1ccc(Cl)s1. The number of hydrazone groups is 1. The van der Waals surface area contributed by atoms with Crippen molar-refractivity contribution in [2.24, 2.45) is 5.10 Å². The molecule has 4 nitrogen and oxygen atoms in total. The number of carbonyl (C=O) groups is 1. The summed E-state index contributed by atoms with van der Waals surface area (Å²) >= 11 is 7.29. The molecule has 0 aliphatic rings. The summed E-state index contributed by atoms with van der Waals surface area (Å²) < 4.78 is 5.79. The van der Waals surface area contributed by atoms with Gasteiger partial charge in [-0.15, -0.1) is 11.3 Å². The summed E-state index contributed by atoms with van der Waals surface area (Å²) in [5.74, 6) is 0. The Morgan fingerprint density at radius 3 is 2.61 bits per heavy atom. The Morgan fingerprint density at radius 2 is 2.17 bits per heavy atom. The first-order chi connectivity index (χ1) is 8.31. The molecule has 1 aromatic heterocycles. The van der Waals surface area contributed by atoms with Crippen molar-refractivity contribution in [2.75, 3.05) is 0 Å². The zero-order chi connectivity index (χ0) is 13.8. The van der Waals surface area contributed by atoms with E-state index in [1.165, 1.54) is 11.3 Å². The zero-order valence-corrected chi connectivity index (χ0v) is 12.5. The van der Waals surface area contributed by atoms with Crippen LogP contribution in [0.5, 0.6) is 0 Å². The van der Waals surface area contributed by atoms with Crippen LogP contribution in [0.15, 0.2) is 17.2 Å². The van der Waals surface area contributed by atoms with Crippen molar-refractivity contribution in [3.63, 3.8) is 0 Å². The van der Waals surface area contributed by atoms with E-state index in [2.05, 4.69) is 10.5 Å². The maximum absolute atomic E-state index is 11.5. The number of hydrogen-bond acceptors (Lipinski definition) is 4. The van der Waals surface area contributed by atoms with E-state index in [-0.39, 0.29) is 0 Å². The molecule has 1 heterocycles. The van der Waals surface area contributed by atoms with Crippen LogP contribution >= 0.6 is 22.9 Å². The minimum atomic E-state index is -0.559. The van der Waals surface area contributed by atoms with Gasteiger partial charge in [0.1, 0.15) is 5.60 Å². The number of hydrogen-bond donors (Lipinski definition) is 1. The molecule has 0 fully saturated rings. The van der Waals surface area contributed by atoms with Crippen LogP contribution in [0.4, 0.5) is 4.79 Å². The van der Waals surface area contributed by atoms with Gasteiger partial charge in [0.2, 0.25) is 0 Å². The number of nitrogens with one attached hydrogen (secondary N) is 1. The van der Waals surface area contributed by atoms with Crippen molar-refractivity contribution in [1.82, 2.24) is 5.43 Å². The molecule has 0 aliphatic heterocycles. The molecule has 1 amide bonds. The van der Waals surface area contributed by atoms with Crippen LogP contribution in [0.1, 0.15) is 39.0 Å². The van der Waals surface area contributed by atoms with Gasteiger partial charge < -0.3 is 4.74 Å². The van der Waals surface area contributed by atoms with Crippen molar-refractivity contribution in [3.05, 3.63) is 21.3 Å². The van der Waals surface area contributed by atoms with Crippen molar-refractivity contribution in [3.8, 4) is 0 Å². The number of amides is 1. The summed E-state index contributed by atoms with van der Waals surface area (Å²) in [4.78, 5) is 12.4. The maximum Gasteiger partial charge on any atom is 0.428 e. The first-order valence-electron chi connectivity index (χ1n) is 5.63. The second-order valence-corrected chi connectivity index (χ2v) is 6.34. The van der Waals surface area contributed by atoms with Crippen LogP contribution in [0.3, 0.4) is 0 Å². The lowest BCUT2D eigenvalue weighted by atomic mass is 10.2. The lowest BCUT2D eigenvalue weighted by molar-refractivity contribution is 0.0529. The fraction of sp³-hybridized carbons (Fsp3) is 0.500. The van der Waals surface area contributed by atoms with Crippen LogP contribution in [0, 0.1) is 0 Å². The average Bonchev–Trinajstić information content (AvgIpc) is 2.63. The molecule has 0 aliphatic carbocycles. The summed E-state index contributed by atoms with van der Waals surface area (Å²) in [5, 5.41) is 4.05. The van der Waals surface area contributed by atoms with Crippen molar-refractivity contribution in [2.45, 2.75) is 39.7 Å². The molecule has 1 rings (SSSR count). The molecule has 6 heteroatoms. The third kappa shape index (κ3) is 5.06. The Kier molecular flexibility index (Phi) is 5.16. The van der Waals surface area contributed by atoms with E-state index in [1.807, 2.05) is 13.0 Å². The minimum absolute atomic E-state index is 0.530. The molecule has 0 atom stereocenters. The highest BCUT2D eigenvalue weighted by Crippen LogP contribution is 2.22. The van der Waals surface area contributed by atoms with Crippen LogP contribution in [-0.4, -0.2) is 17.4 Å². The fourth-order valence-electron chi connectivity index (χ4n) is 1.19. The Labute approximate surface area is 116 Å². The van der Waals surface area contributed by atoms with Gasteiger partial charge >= 0.3 is 6.09 Å². The summed E-state index contributed by atoms with van der Waals surface area (Å²) in [6.45, 7) is 7.37. The summed E-state index contributed by atoms with van der Waals surface area (Å²) in [5.41, 5.74) is 2.63. The predicted octanol–water partition coefficient (Wildman–Crippen LogP) is 4.04. The van der Waals surface area contributed by atoms with Gasteiger partial charge in [0, 0.05) is 0 Å². The van der Waals surface area contributed by atoms with Crippen LogP contribution in [0.2, 0.25) is 4.34 Å². The van der Waals surface area contributed by atoms with Crippen molar-refractivity contribution in [1.29, 1.82) is 0 Å². The lowest BCUT2D eigenvalue weighted by Crippen LogP contribution is -2.30. The summed E-state index contributed by atoms with van der Waals surface area (Å²) in [6, 6.07) is 3.69.